The minimum atomic E-state index is -0.0321. The molecule has 0 radical (unpaired) electrons. The van der Waals surface area contributed by atoms with E-state index in [0.29, 0.717) is 12.4 Å². The molecule has 1 fully saturated rings. The lowest BCUT2D eigenvalue weighted by Gasteiger charge is -2.12. The molecule has 19 heavy (non-hydrogen) atoms. The minimum absolute atomic E-state index is 0.0321. The molecule has 0 bridgehead atoms. The Balaban J connectivity index is 1.78. The summed E-state index contributed by atoms with van der Waals surface area (Å²) in [6, 6.07) is 3.64. The van der Waals surface area contributed by atoms with Gasteiger partial charge in [-0.2, -0.15) is 5.10 Å². The molecule has 2 aromatic heterocycles. The van der Waals surface area contributed by atoms with Gasteiger partial charge in [0, 0.05) is 30.4 Å². The standard InChI is InChI=1S/C13H15N3O3/c17-8-10-6-15-16(7-10)13-5-11(1-3-14-13)19-12-2-4-18-9-12/h1,3,5-7,12,17H,2,4,8-9H2/t12-/m1/s1. The summed E-state index contributed by atoms with van der Waals surface area (Å²) in [4.78, 5) is 4.24. The van der Waals surface area contributed by atoms with E-state index in [-0.39, 0.29) is 12.7 Å². The molecule has 0 aromatic carbocycles. The summed E-state index contributed by atoms with van der Waals surface area (Å²) >= 11 is 0. The second-order valence-corrected chi connectivity index (χ2v) is 4.40. The molecular formula is C13H15N3O3. The van der Waals surface area contributed by atoms with Crippen molar-refractivity contribution < 1.29 is 14.6 Å². The van der Waals surface area contributed by atoms with Gasteiger partial charge in [-0.15, -0.1) is 0 Å². The van der Waals surface area contributed by atoms with Crippen LogP contribution in [0, 0.1) is 0 Å². The molecule has 0 saturated carbocycles. The van der Waals surface area contributed by atoms with Crippen molar-refractivity contribution in [1.82, 2.24) is 14.8 Å². The van der Waals surface area contributed by atoms with Gasteiger partial charge in [0.15, 0.2) is 5.82 Å². The van der Waals surface area contributed by atoms with Crippen LogP contribution in [-0.4, -0.2) is 39.2 Å². The van der Waals surface area contributed by atoms with Gasteiger partial charge >= 0.3 is 0 Å². The molecule has 3 rings (SSSR count). The SMILES string of the molecule is OCc1cnn(-c2cc(O[C@@H]3CCOC3)ccn2)c1. The Morgan fingerprint density at radius 2 is 2.47 bits per heavy atom. The first-order chi connectivity index (χ1) is 9.35. The lowest BCUT2D eigenvalue weighted by Crippen LogP contribution is -2.15. The Morgan fingerprint density at radius 3 is 3.21 bits per heavy atom. The van der Waals surface area contributed by atoms with E-state index in [0.717, 1.165) is 24.3 Å². The van der Waals surface area contributed by atoms with Gasteiger partial charge in [0.05, 0.1) is 26.0 Å². The summed E-state index contributed by atoms with van der Waals surface area (Å²) in [5, 5.41) is 13.2. The molecule has 100 valence electrons. The number of aromatic nitrogens is 3. The number of pyridine rings is 1. The van der Waals surface area contributed by atoms with E-state index >= 15 is 0 Å². The Labute approximate surface area is 110 Å². The molecule has 3 heterocycles. The van der Waals surface area contributed by atoms with Crippen molar-refractivity contribution in [2.45, 2.75) is 19.1 Å². The third kappa shape index (κ3) is 2.74. The van der Waals surface area contributed by atoms with Crippen molar-refractivity contribution in [2.24, 2.45) is 0 Å². The van der Waals surface area contributed by atoms with Crippen molar-refractivity contribution in [3.05, 3.63) is 36.3 Å². The molecule has 0 amide bonds. The van der Waals surface area contributed by atoms with Gasteiger partial charge < -0.3 is 14.6 Å². The van der Waals surface area contributed by atoms with Crippen LogP contribution in [0.15, 0.2) is 30.7 Å². The predicted octanol–water partition coefficient (Wildman–Crippen LogP) is 0.927. The molecule has 1 N–H and O–H groups in total. The third-order valence-electron chi connectivity index (χ3n) is 2.96. The highest BCUT2D eigenvalue weighted by Crippen LogP contribution is 2.18. The monoisotopic (exact) mass is 261 g/mol. The fraction of sp³-hybridized carbons (Fsp3) is 0.385. The van der Waals surface area contributed by atoms with Crippen LogP contribution in [-0.2, 0) is 11.3 Å². The predicted molar refractivity (Wildman–Crippen MR) is 67.1 cm³/mol. The van der Waals surface area contributed by atoms with E-state index in [1.807, 2.05) is 12.1 Å². The summed E-state index contributed by atoms with van der Waals surface area (Å²) in [5.74, 6) is 1.41. The maximum absolute atomic E-state index is 9.03. The summed E-state index contributed by atoms with van der Waals surface area (Å²) < 4.78 is 12.7. The van der Waals surface area contributed by atoms with Crippen molar-refractivity contribution in [3.63, 3.8) is 0 Å². The second kappa shape index (κ2) is 5.38. The maximum atomic E-state index is 9.03. The summed E-state index contributed by atoms with van der Waals surface area (Å²) in [6.45, 7) is 1.35. The molecule has 1 aliphatic heterocycles. The molecule has 2 aromatic rings. The van der Waals surface area contributed by atoms with Crippen LogP contribution in [0.25, 0.3) is 5.82 Å². The molecule has 0 spiro atoms. The zero-order valence-electron chi connectivity index (χ0n) is 10.4. The zero-order chi connectivity index (χ0) is 13.1. The number of aliphatic hydroxyl groups is 1. The quantitative estimate of drug-likeness (QED) is 0.886. The average molecular weight is 261 g/mol. The van der Waals surface area contributed by atoms with E-state index in [4.69, 9.17) is 14.6 Å². The summed E-state index contributed by atoms with van der Waals surface area (Å²) in [6.07, 6.45) is 6.06. The van der Waals surface area contributed by atoms with Crippen LogP contribution in [0.4, 0.5) is 0 Å². The zero-order valence-corrected chi connectivity index (χ0v) is 10.4. The molecule has 1 aliphatic rings. The topological polar surface area (TPSA) is 69.4 Å². The van der Waals surface area contributed by atoms with Crippen LogP contribution in [0.3, 0.4) is 0 Å². The number of aliphatic hydroxyl groups excluding tert-OH is 1. The Bertz CT molecular complexity index is 550. The van der Waals surface area contributed by atoms with Gasteiger partial charge in [-0.25, -0.2) is 9.67 Å². The molecule has 6 heteroatoms. The Morgan fingerprint density at radius 1 is 1.53 bits per heavy atom. The van der Waals surface area contributed by atoms with Gasteiger partial charge in [0.25, 0.3) is 0 Å². The maximum Gasteiger partial charge on any atom is 0.156 e. The molecule has 1 atom stereocenters. The highest BCUT2D eigenvalue weighted by Gasteiger charge is 2.17. The average Bonchev–Trinajstić information content (AvgIpc) is 3.09. The van der Waals surface area contributed by atoms with Gasteiger partial charge in [-0.1, -0.05) is 0 Å². The van der Waals surface area contributed by atoms with E-state index in [2.05, 4.69) is 10.1 Å². The Hall–Kier alpha value is -1.92. The fourth-order valence-corrected chi connectivity index (χ4v) is 1.96. The highest BCUT2D eigenvalue weighted by atomic mass is 16.5. The summed E-state index contributed by atoms with van der Waals surface area (Å²) in [5.41, 5.74) is 0.748. The van der Waals surface area contributed by atoms with E-state index < -0.39 is 0 Å². The Kier molecular flexibility index (Phi) is 3.43. The molecular weight excluding hydrogens is 246 g/mol. The van der Waals surface area contributed by atoms with Crippen molar-refractivity contribution >= 4 is 0 Å². The van der Waals surface area contributed by atoms with Crippen LogP contribution >= 0.6 is 0 Å². The largest absolute Gasteiger partial charge is 0.488 e. The number of rotatable bonds is 4. The minimum Gasteiger partial charge on any atom is -0.488 e. The van der Waals surface area contributed by atoms with Gasteiger partial charge in [-0.3, -0.25) is 0 Å². The van der Waals surface area contributed by atoms with E-state index in [1.165, 1.54) is 0 Å². The van der Waals surface area contributed by atoms with Crippen LogP contribution in [0.1, 0.15) is 12.0 Å². The number of hydrogen-bond donors (Lipinski definition) is 1. The smallest absolute Gasteiger partial charge is 0.156 e. The lowest BCUT2D eigenvalue weighted by molar-refractivity contribution is 0.141. The number of nitrogens with zero attached hydrogens (tertiary/aromatic N) is 3. The van der Waals surface area contributed by atoms with Crippen LogP contribution < -0.4 is 4.74 Å². The third-order valence-corrected chi connectivity index (χ3v) is 2.96. The number of hydrogen-bond acceptors (Lipinski definition) is 5. The first kappa shape index (κ1) is 12.1. The fourth-order valence-electron chi connectivity index (χ4n) is 1.96. The molecule has 0 unspecified atom stereocenters. The first-order valence-corrected chi connectivity index (χ1v) is 6.20. The van der Waals surface area contributed by atoms with Gasteiger partial charge in [0.2, 0.25) is 0 Å². The number of ether oxygens (including phenoxy) is 2. The van der Waals surface area contributed by atoms with Crippen molar-refractivity contribution in [3.8, 4) is 11.6 Å². The normalized spacial score (nSPS) is 18.7. The molecule has 1 saturated heterocycles. The second-order valence-electron chi connectivity index (χ2n) is 4.40. The van der Waals surface area contributed by atoms with Crippen molar-refractivity contribution in [1.29, 1.82) is 0 Å². The molecule has 6 nitrogen and oxygen atoms in total. The van der Waals surface area contributed by atoms with Crippen LogP contribution in [0.5, 0.6) is 5.75 Å². The van der Waals surface area contributed by atoms with E-state index in [1.54, 1.807) is 23.3 Å². The first-order valence-electron chi connectivity index (χ1n) is 6.20. The van der Waals surface area contributed by atoms with Gasteiger partial charge in [-0.05, 0) is 6.07 Å². The highest BCUT2D eigenvalue weighted by molar-refractivity contribution is 5.32. The molecule has 0 aliphatic carbocycles. The van der Waals surface area contributed by atoms with E-state index in [9.17, 15) is 0 Å². The van der Waals surface area contributed by atoms with Crippen molar-refractivity contribution in [2.75, 3.05) is 13.2 Å². The van der Waals surface area contributed by atoms with Crippen LogP contribution in [0.2, 0.25) is 0 Å². The van der Waals surface area contributed by atoms with Gasteiger partial charge in [0.1, 0.15) is 11.9 Å². The summed E-state index contributed by atoms with van der Waals surface area (Å²) in [7, 11) is 0. The lowest BCUT2D eigenvalue weighted by atomic mass is 10.3.